The van der Waals surface area contributed by atoms with Gasteiger partial charge in [0.2, 0.25) is 0 Å². The highest BCUT2D eigenvalue weighted by Gasteiger charge is 2.19. The van der Waals surface area contributed by atoms with Crippen molar-refractivity contribution in [3.8, 4) is 0 Å². The average Bonchev–Trinajstić information content (AvgIpc) is 3.27. The minimum atomic E-state index is -0.823. The van der Waals surface area contributed by atoms with Gasteiger partial charge in [-0.3, -0.25) is 14.4 Å². The summed E-state index contributed by atoms with van der Waals surface area (Å²) in [7, 11) is 0. The van der Waals surface area contributed by atoms with Gasteiger partial charge in [-0.05, 0) is 103 Å². The molecular formula is C56H86O6. The molecule has 0 aliphatic rings. The van der Waals surface area contributed by atoms with Gasteiger partial charge in [-0.25, -0.2) is 0 Å². The molecule has 0 aromatic carbocycles. The van der Waals surface area contributed by atoms with E-state index >= 15 is 0 Å². The zero-order valence-electron chi connectivity index (χ0n) is 39.3. The molecule has 0 aliphatic heterocycles. The maximum absolute atomic E-state index is 12.8. The van der Waals surface area contributed by atoms with Crippen LogP contribution in [0.2, 0.25) is 0 Å². The highest BCUT2D eigenvalue weighted by Crippen LogP contribution is 2.12. The number of ether oxygens (including phenoxy) is 3. The van der Waals surface area contributed by atoms with Gasteiger partial charge in [0.25, 0.3) is 0 Å². The van der Waals surface area contributed by atoms with Gasteiger partial charge < -0.3 is 14.2 Å². The van der Waals surface area contributed by atoms with Crippen molar-refractivity contribution in [3.05, 3.63) is 134 Å². The van der Waals surface area contributed by atoms with E-state index in [-0.39, 0.29) is 44.0 Å². The minimum Gasteiger partial charge on any atom is -0.462 e. The fourth-order valence-electron chi connectivity index (χ4n) is 5.94. The molecule has 0 radical (unpaired) electrons. The van der Waals surface area contributed by atoms with Gasteiger partial charge in [0.1, 0.15) is 13.2 Å². The van der Waals surface area contributed by atoms with Crippen LogP contribution in [0.15, 0.2) is 134 Å². The van der Waals surface area contributed by atoms with Crippen molar-refractivity contribution >= 4 is 17.9 Å². The van der Waals surface area contributed by atoms with Crippen molar-refractivity contribution < 1.29 is 28.6 Å². The normalized spacial score (nSPS) is 13.3. The minimum absolute atomic E-state index is 0.118. The summed E-state index contributed by atoms with van der Waals surface area (Å²) in [5.74, 6) is -1.03. The first-order valence-electron chi connectivity index (χ1n) is 24.2. The number of hydrogen-bond donors (Lipinski definition) is 0. The summed E-state index contributed by atoms with van der Waals surface area (Å²) in [6.07, 6.45) is 68.7. The number of unbranched alkanes of at least 4 members (excludes halogenated alkanes) is 11. The molecule has 6 heteroatoms. The van der Waals surface area contributed by atoms with E-state index in [1.165, 1.54) is 0 Å². The van der Waals surface area contributed by atoms with E-state index in [4.69, 9.17) is 14.2 Å². The first-order chi connectivity index (χ1) is 30.5. The Hall–Kier alpha value is -4.45. The van der Waals surface area contributed by atoms with Crippen molar-refractivity contribution in [2.45, 2.75) is 187 Å². The molecule has 0 saturated carbocycles. The molecule has 0 heterocycles. The Morgan fingerprint density at radius 1 is 0.339 bits per heavy atom. The van der Waals surface area contributed by atoms with E-state index in [0.717, 1.165) is 135 Å². The molecule has 0 N–H and O–H groups in total. The zero-order chi connectivity index (χ0) is 45.1. The van der Waals surface area contributed by atoms with Crippen LogP contribution in [-0.4, -0.2) is 37.2 Å². The zero-order valence-corrected chi connectivity index (χ0v) is 39.3. The highest BCUT2D eigenvalue weighted by molar-refractivity contribution is 5.71. The summed E-state index contributed by atoms with van der Waals surface area (Å²) >= 11 is 0. The topological polar surface area (TPSA) is 78.9 Å². The van der Waals surface area contributed by atoms with Crippen molar-refractivity contribution in [1.82, 2.24) is 0 Å². The lowest BCUT2D eigenvalue weighted by Crippen LogP contribution is -2.30. The van der Waals surface area contributed by atoms with Gasteiger partial charge in [-0.2, -0.15) is 0 Å². The third-order valence-corrected chi connectivity index (χ3v) is 9.48. The number of carbonyl (C=O) groups excluding carboxylic acids is 3. The molecule has 0 rings (SSSR count). The van der Waals surface area contributed by atoms with E-state index < -0.39 is 6.10 Å². The van der Waals surface area contributed by atoms with E-state index in [1.54, 1.807) is 0 Å². The molecule has 6 nitrogen and oxygen atoms in total. The van der Waals surface area contributed by atoms with Crippen LogP contribution in [0.5, 0.6) is 0 Å². The summed E-state index contributed by atoms with van der Waals surface area (Å²) in [5, 5.41) is 0. The van der Waals surface area contributed by atoms with E-state index in [9.17, 15) is 14.4 Å². The second kappa shape index (κ2) is 49.2. The summed E-state index contributed by atoms with van der Waals surface area (Å²) in [5.41, 5.74) is 0. The predicted molar refractivity (Wildman–Crippen MR) is 265 cm³/mol. The SMILES string of the molecule is CC\C=C/C=C\C=C/C=C\CCCCCCCC(=O)OC(COC(=O)CCC/C=C\C/C=C\C/C=C\C/C=C\C/C=C\CC)COC(=O)CCCCCCC/C=C\C/C=C\CC. The highest BCUT2D eigenvalue weighted by atomic mass is 16.6. The summed E-state index contributed by atoms with van der Waals surface area (Å²) < 4.78 is 16.7. The first kappa shape index (κ1) is 57.5. The fraction of sp³-hybridized carbons (Fsp3) is 0.554. The standard InChI is InChI=1S/C56H86O6/c1-4-7-10-13-16-19-22-25-27-28-30-31-34-37-40-43-46-49-55(58)61-52-53(51-60-54(57)48-45-42-39-36-33-24-21-18-15-12-9-6-3)62-56(59)50-47-44-41-38-35-32-29-26-23-20-17-14-11-8-5-2/h7-12,14,16-21,23,25-27,29-31,37,40,53H,4-6,13,15,22,24,28,32-36,38-39,41-52H2,1-3H3/b10-7-,11-8-,12-9-,17-14-,19-16-,21-18-,23-20-,27-25-,29-26-,31-30-,40-37-. The molecule has 0 bridgehead atoms. The third kappa shape index (κ3) is 46.6. The molecule has 346 valence electrons. The van der Waals surface area contributed by atoms with Crippen LogP contribution < -0.4 is 0 Å². The predicted octanol–water partition coefficient (Wildman–Crippen LogP) is 15.9. The van der Waals surface area contributed by atoms with Crippen LogP contribution in [0, 0.1) is 0 Å². The molecule has 0 aliphatic carbocycles. The molecule has 1 unspecified atom stereocenters. The lowest BCUT2D eigenvalue weighted by atomic mass is 10.1. The molecule has 0 spiro atoms. The Balaban J connectivity index is 4.57. The lowest BCUT2D eigenvalue weighted by molar-refractivity contribution is -0.167. The summed E-state index contributed by atoms with van der Waals surface area (Å²) in [6.45, 7) is 6.16. The molecule has 0 amide bonds. The van der Waals surface area contributed by atoms with Crippen LogP contribution >= 0.6 is 0 Å². The summed E-state index contributed by atoms with van der Waals surface area (Å²) in [6, 6.07) is 0. The Bertz CT molecular complexity index is 1400. The van der Waals surface area contributed by atoms with Crippen LogP contribution in [0.4, 0.5) is 0 Å². The second-order valence-corrected chi connectivity index (χ2v) is 15.3. The Morgan fingerprint density at radius 3 is 1.16 bits per heavy atom. The first-order valence-corrected chi connectivity index (χ1v) is 24.2. The molecule has 62 heavy (non-hydrogen) atoms. The van der Waals surface area contributed by atoms with Crippen molar-refractivity contribution in [1.29, 1.82) is 0 Å². The Morgan fingerprint density at radius 2 is 0.677 bits per heavy atom. The van der Waals surface area contributed by atoms with Gasteiger partial charge >= 0.3 is 17.9 Å². The van der Waals surface area contributed by atoms with Crippen molar-refractivity contribution in [2.24, 2.45) is 0 Å². The van der Waals surface area contributed by atoms with Gasteiger partial charge in [0, 0.05) is 19.3 Å². The number of rotatable bonds is 41. The fourth-order valence-corrected chi connectivity index (χ4v) is 5.94. The van der Waals surface area contributed by atoms with Crippen molar-refractivity contribution in [3.63, 3.8) is 0 Å². The van der Waals surface area contributed by atoms with Gasteiger partial charge in [-0.1, -0.05) is 193 Å². The van der Waals surface area contributed by atoms with Crippen LogP contribution in [0.25, 0.3) is 0 Å². The monoisotopic (exact) mass is 855 g/mol. The quantitative estimate of drug-likeness (QED) is 0.0200. The second-order valence-electron chi connectivity index (χ2n) is 15.3. The molecule has 0 aromatic rings. The Labute approximate surface area is 379 Å². The molecule has 1 atom stereocenters. The van der Waals surface area contributed by atoms with Gasteiger partial charge in [-0.15, -0.1) is 0 Å². The van der Waals surface area contributed by atoms with Crippen LogP contribution in [0.3, 0.4) is 0 Å². The molecule has 0 aromatic heterocycles. The number of carbonyl (C=O) groups is 3. The Kier molecular flexibility index (Phi) is 45.7. The maximum Gasteiger partial charge on any atom is 0.306 e. The van der Waals surface area contributed by atoms with E-state index in [2.05, 4.69) is 130 Å². The third-order valence-electron chi connectivity index (χ3n) is 9.48. The number of allylic oxidation sites excluding steroid dienone is 22. The average molecular weight is 855 g/mol. The molecule has 0 fully saturated rings. The molecular weight excluding hydrogens is 769 g/mol. The lowest BCUT2D eigenvalue weighted by Gasteiger charge is -2.18. The number of esters is 3. The van der Waals surface area contributed by atoms with Gasteiger partial charge in [0.05, 0.1) is 0 Å². The van der Waals surface area contributed by atoms with Crippen LogP contribution in [0.1, 0.15) is 181 Å². The van der Waals surface area contributed by atoms with Gasteiger partial charge in [0.15, 0.2) is 6.10 Å². The van der Waals surface area contributed by atoms with E-state index in [1.807, 2.05) is 24.3 Å². The number of hydrogen-bond acceptors (Lipinski definition) is 6. The van der Waals surface area contributed by atoms with Crippen molar-refractivity contribution in [2.75, 3.05) is 13.2 Å². The smallest absolute Gasteiger partial charge is 0.306 e. The maximum atomic E-state index is 12.8. The molecule has 0 saturated heterocycles. The summed E-state index contributed by atoms with van der Waals surface area (Å²) in [4.78, 5) is 37.9. The largest absolute Gasteiger partial charge is 0.462 e. The van der Waals surface area contributed by atoms with E-state index in [0.29, 0.717) is 12.8 Å². The van der Waals surface area contributed by atoms with Crippen LogP contribution in [-0.2, 0) is 28.6 Å².